The van der Waals surface area contributed by atoms with Crippen LogP contribution in [0, 0.1) is 0 Å². The lowest BCUT2D eigenvalue weighted by Crippen LogP contribution is -2.38. The van der Waals surface area contributed by atoms with Crippen LogP contribution < -0.4 is 4.74 Å². The first-order chi connectivity index (χ1) is 17.9. The molecule has 0 bridgehead atoms. The van der Waals surface area contributed by atoms with Crippen molar-refractivity contribution in [2.75, 3.05) is 27.7 Å². The van der Waals surface area contributed by atoms with Gasteiger partial charge in [-0.15, -0.1) is 0 Å². The topological polar surface area (TPSA) is 45.6 Å². The van der Waals surface area contributed by atoms with Gasteiger partial charge < -0.3 is 14.7 Å². The molecule has 5 heteroatoms. The Morgan fingerprint density at radius 3 is 2.35 bits per heavy atom. The second-order valence-corrected chi connectivity index (χ2v) is 10.6. The Morgan fingerprint density at radius 2 is 1.59 bits per heavy atom. The molecule has 0 fully saturated rings. The van der Waals surface area contributed by atoms with Gasteiger partial charge in [0.25, 0.3) is 0 Å². The number of ether oxygens (including phenoxy) is 1. The first-order valence-electron chi connectivity index (χ1n) is 12.5. The Kier molecular flexibility index (Phi) is 7.29. The van der Waals surface area contributed by atoms with Gasteiger partial charge in [0.15, 0.2) is 0 Å². The zero-order chi connectivity index (χ0) is 26.0. The number of methoxy groups -OCH3 is 1. The summed E-state index contributed by atoms with van der Waals surface area (Å²) in [6.45, 7) is 0.704. The number of nitrogens with zero attached hydrogens (tertiary/aromatic N) is 2. The van der Waals surface area contributed by atoms with Crippen LogP contribution in [0.4, 0.5) is 0 Å². The quantitative estimate of drug-likeness (QED) is 0.221. The Labute approximate surface area is 226 Å². The van der Waals surface area contributed by atoms with Crippen molar-refractivity contribution in [3.05, 3.63) is 118 Å². The fraction of sp³-hybridized carbons (Fsp3) is 0.219. The van der Waals surface area contributed by atoms with Crippen molar-refractivity contribution in [3.8, 4) is 5.88 Å². The summed E-state index contributed by atoms with van der Waals surface area (Å²) in [7, 11) is 5.72. The molecule has 0 saturated heterocycles. The normalized spacial score (nSPS) is 14.1. The number of rotatable bonds is 8. The molecule has 0 aliphatic carbocycles. The van der Waals surface area contributed by atoms with Crippen LogP contribution in [0.3, 0.4) is 0 Å². The molecular formula is C32H31BrN2O2. The van der Waals surface area contributed by atoms with E-state index in [0.717, 1.165) is 42.8 Å². The first kappa shape index (κ1) is 25.4. The van der Waals surface area contributed by atoms with Gasteiger partial charge in [-0.05, 0) is 60.6 Å². The Bertz CT molecular complexity index is 1530. The lowest BCUT2D eigenvalue weighted by Gasteiger charge is -2.39. The maximum absolute atomic E-state index is 13.0. The highest BCUT2D eigenvalue weighted by molar-refractivity contribution is 9.10. The molecule has 0 saturated carbocycles. The van der Waals surface area contributed by atoms with Gasteiger partial charge >= 0.3 is 0 Å². The van der Waals surface area contributed by atoms with Crippen LogP contribution in [0.25, 0.3) is 21.7 Å². The van der Waals surface area contributed by atoms with Crippen molar-refractivity contribution in [2.45, 2.75) is 17.9 Å². The van der Waals surface area contributed by atoms with Gasteiger partial charge in [0.1, 0.15) is 5.60 Å². The van der Waals surface area contributed by atoms with Gasteiger partial charge in [-0.25, -0.2) is 4.98 Å². The van der Waals surface area contributed by atoms with Gasteiger partial charge in [0, 0.05) is 27.9 Å². The van der Waals surface area contributed by atoms with Gasteiger partial charge in [0.05, 0.1) is 12.6 Å². The molecule has 4 nitrogen and oxygen atoms in total. The standard InChI is InChI=1S/C32H31BrN2O2/c1-35(2)20-19-32(36,27-16-9-14-22-11-7-8-15-24(22)27)30(23-12-5-4-6-13-23)26-21-25-28(33)17-10-18-29(25)34-31(26)37-3/h4-18,21,30,36H,19-20H2,1-3H3/t30-,32-/m0/s1. The molecule has 188 valence electrons. The molecule has 2 atom stereocenters. The van der Waals surface area contributed by atoms with E-state index in [2.05, 4.69) is 63.3 Å². The molecule has 0 unspecified atom stereocenters. The monoisotopic (exact) mass is 554 g/mol. The van der Waals surface area contributed by atoms with Crippen LogP contribution >= 0.6 is 15.9 Å². The molecule has 37 heavy (non-hydrogen) atoms. The van der Waals surface area contributed by atoms with Crippen LogP contribution in [0.2, 0.25) is 0 Å². The van der Waals surface area contributed by atoms with Gasteiger partial charge in [-0.2, -0.15) is 0 Å². The summed E-state index contributed by atoms with van der Waals surface area (Å²) in [5, 5.41) is 16.2. The molecule has 4 aromatic carbocycles. The van der Waals surface area contributed by atoms with E-state index in [-0.39, 0.29) is 0 Å². The molecule has 0 aliphatic rings. The first-order valence-corrected chi connectivity index (χ1v) is 13.2. The Balaban J connectivity index is 1.85. The van der Waals surface area contributed by atoms with Gasteiger partial charge in [-0.3, -0.25) is 0 Å². The highest BCUT2D eigenvalue weighted by Gasteiger charge is 2.43. The Hall–Kier alpha value is -3.25. The zero-order valence-electron chi connectivity index (χ0n) is 21.4. The molecule has 0 aliphatic heterocycles. The average Bonchev–Trinajstić information content (AvgIpc) is 2.92. The molecule has 0 spiro atoms. The number of fused-ring (bicyclic) bond motifs is 2. The number of benzene rings is 4. The van der Waals surface area contributed by atoms with E-state index in [4.69, 9.17) is 9.72 Å². The Morgan fingerprint density at radius 1 is 0.892 bits per heavy atom. The number of aromatic nitrogens is 1. The SMILES string of the molecule is COc1nc2cccc(Br)c2cc1[C@H](c1ccccc1)[C@](O)(CCN(C)C)c1cccc2ccccc12. The number of pyridine rings is 1. The van der Waals surface area contributed by atoms with E-state index in [0.29, 0.717) is 18.8 Å². The third-order valence-corrected chi connectivity index (χ3v) is 7.80. The van der Waals surface area contributed by atoms with E-state index in [1.807, 2.05) is 68.7 Å². The molecule has 1 heterocycles. The van der Waals surface area contributed by atoms with Crippen LogP contribution in [0.5, 0.6) is 5.88 Å². The van der Waals surface area contributed by atoms with E-state index in [9.17, 15) is 5.11 Å². The maximum Gasteiger partial charge on any atom is 0.217 e. The fourth-order valence-corrected chi connectivity index (χ4v) is 5.79. The third kappa shape index (κ3) is 4.87. The molecular weight excluding hydrogens is 524 g/mol. The number of aliphatic hydroxyl groups is 1. The van der Waals surface area contributed by atoms with E-state index in [1.54, 1.807) is 7.11 Å². The average molecular weight is 556 g/mol. The molecule has 5 rings (SSSR count). The summed E-state index contributed by atoms with van der Waals surface area (Å²) in [6, 6.07) is 32.7. The van der Waals surface area contributed by atoms with E-state index in [1.165, 1.54) is 0 Å². The maximum atomic E-state index is 13.0. The highest BCUT2D eigenvalue weighted by atomic mass is 79.9. The second-order valence-electron chi connectivity index (χ2n) is 9.74. The van der Waals surface area contributed by atoms with Crippen LogP contribution in [-0.2, 0) is 5.60 Å². The fourth-order valence-electron chi connectivity index (χ4n) is 5.32. The van der Waals surface area contributed by atoms with Gasteiger partial charge in [0.2, 0.25) is 5.88 Å². The molecule has 1 N–H and O–H groups in total. The summed E-state index contributed by atoms with van der Waals surface area (Å²) >= 11 is 3.71. The second kappa shape index (κ2) is 10.6. The minimum Gasteiger partial charge on any atom is -0.481 e. The summed E-state index contributed by atoms with van der Waals surface area (Å²) in [6.07, 6.45) is 0.519. The number of halogens is 1. The van der Waals surface area contributed by atoms with Crippen molar-refractivity contribution < 1.29 is 9.84 Å². The molecule has 0 radical (unpaired) electrons. The van der Waals surface area contributed by atoms with Crippen molar-refractivity contribution in [2.24, 2.45) is 0 Å². The van der Waals surface area contributed by atoms with Crippen LogP contribution in [0.1, 0.15) is 29.0 Å². The zero-order valence-corrected chi connectivity index (χ0v) is 22.9. The molecule has 5 aromatic rings. The summed E-state index contributed by atoms with van der Waals surface area (Å²) in [4.78, 5) is 7.01. The molecule has 1 aromatic heterocycles. The van der Waals surface area contributed by atoms with Crippen LogP contribution in [-0.4, -0.2) is 42.7 Å². The summed E-state index contributed by atoms with van der Waals surface area (Å²) < 4.78 is 6.85. The lowest BCUT2D eigenvalue weighted by molar-refractivity contribution is 0.00520. The van der Waals surface area contributed by atoms with Crippen LogP contribution in [0.15, 0.2) is 102 Å². The summed E-state index contributed by atoms with van der Waals surface area (Å²) in [5.74, 6) is 0.0846. The van der Waals surface area contributed by atoms with Gasteiger partial charge in [-0.1, -0.05) is 94.8 Å². The van der Waals surface area contributed by atoms with Crippen molar-refractivity contribution >= 4 is 37.6 Å². The number of hydrogen-bond donors (Lipinski definition) is 1. The smallest absolute Gasteiger partial charge is 0.217 e. The minimum absolute atomic E-state index is 0.432. The van der Waals surface area contributed by atoms with Crippen molar-refractivity contribution in [1.29, 1.82) is 0 Å². The highest BCUT2D eigenvalue weighted by Crippen LogP contribution is 2.49. The largest absolute Gasteiger partial charge is 0.481 e. The van der Waals surface area contributed by atoms with Crippen molar-refractivity contribution in [3.63, 3.8) is 0 Å². The van der Waals surface area contributed by atoms with E-state index >= 15 is 0 Å². The third-order valence-electron chi connectivity index (χ3n) is 7.11. The van der Waals surface area contributed by atoms with Crippen molar-refractivity contribution in [1.82, 2.24) is 9.88 Å². The predicted molar refractivity (Wildman–Crippen MR) is 155 cm³/mol. The predicted octanol–water partition coefficient (Wildman–Crippen LogP) is 7.13. The minimum atomic E-state index is -1.25. The lowest BCUT2D eigenvalue weighted by atomic mass is 9.70. The number of hydrogen-bond acceptors (Lipinski definition) is 4. The van der Waals surface area contributed by atoms with E-state index < -0.39 is 11.5 Å². The summed E-state index contributed by atoms with van der Waals surface area (Å²) in [5.41, 5.74) is 2.33. The molecule has 0 amide bonds.